The summed E-state index contributed by atoms with van der Waals surface area (Å²) in [6.07, 6.45) is 3.77. The highest BCUT2D eigenvalue weighted by Gasteiger charge is 2.26. The van der Waals surface area contributed by atoms with Gasteiger partial charge in [0.25, 0.3) is 0 Å². The smallest absolute Gasteiger partial charge is 0.237 e. The maximum absolute atomic E-state index is 12.5. The SMILES string of the molecule is CC1CCCN(C(=O)CN(CCc2cccc(Cl)c2)S(C)(=O)=O)C1. The Labute approximate surface area is 149 Å². The molecule has 1 aromatic rings. The lowest BCUT2D eigenvalue weighted by molar-refractivity contribution is -0.133. The molecule has 0 bridgehead atoms. The Balaban J connectivity index is 1.99. The molecule has 0 radical (unpaired) electrons. The molecular weight excluding hydrogens is 348 g/mol. The van der Waals surface area contributed by atoms with E-state index in [1.54, 1.807) is 11.0 Å². The van der Waals surface area contributed by atoms with Crippen LogP contribution in [0.25, 0.3) is 0 Å². The number of piperidine rings is 1. The first-order valence-corrected chi connectivity index (χ1v) is 10.5. The van der Waals surface area contributed by atoms with Gasteiger partial charge in [-0.05, 0) is 42.9 Å². The zero-order chi connectivity index (χ0) is 17.7. The molecule has 134 valence electrons. The number of nitrogens with zero attached hydrogens (tertiary/aromatic N) is 2. The van der Waals surface area contributed by atoms with Gasteiger partial charge < -0.3 is 4.90 Å². The molecule has 1 aliphatic rings. The average Bonchev–Trinajstić information content (AvgIpc) is 2.50. The molecule has 5 nitrogen and oxygen atoms in total. The largest absolute Gasteiger partial charge is 0.341 e. The fraction of sp³-hybridized carbons (Fsp3) is 0.588. The van der Waals surface area contributed by atoms with Gasteiger partial charge in [0.1, 0.15) is 0 Å². The third-order valence-corrected chi connectivity index (χ3v) is 5.81. The first-order valence-electron chi connectivity index (χ1n) is 8.23. The highest BCUT2D eigenvalue weighted by atomic mass is 35.5. The normalized spacial score (nSPS) is 18.8. The molecule has 1 heterocycles. The first kappa shape index (κ1) is 19.2. The molecule has 24 heavy (non-hydrogen) atoms. The van der Waals surface area contributed by atoms with E-state index in [1.807, 2.05) is 18.2 Å². The highest BCUT2D eigenvalue weighted by Crippen LogP contribution is 2.16. The van der Waals surface area contributed by atoms with Crippen LogP contribution in [-0.2, 0) is 21.2 Å². The van der Waals surface area contributed by atoms with E-state index >= 15 is 0 Å². The number of amides is 1. The molecule has 7 heteroatoms. The zero-order valence-electron chi connectivity index (χ0n) is 14.2. The van der Waals surface area contributed by atoms with E-state index in [4.69, 9.17) is 11.6 Å². The fourth-order valence-electron chi connectivity index (χ4n) is 2.98. The average molecular weight is 373 g/mol. The fourth-order valence-corrected chi connectivity index (χ4v) is 3.96. The summed E-state index contributed by atoms with van der Waals surface area (Å²) in [5, 5.41) is 0.622. The summed E-state index contributed by atoms with van der Waals surface area (Å²) in [6.45, 7) is 3.73. The summed E-state index contributed by atoms with van der Waals surface area (Å²) in [5.74, 6) is 0.360. The molecule has 1 amide bonds. The number of hydrogen-bond donors (Lipinski definition) is 0. The lowest BCUT2D eigenvalue weighted by atomic mass is 10.0. The van der Waals surface area contributed by atoms with Crippen LogP contribution in [0.3, 0.4) is 0 Å². The topological polar surface area (TPSA) is 57.7 Å². The summed E-state index contributed by atoms with van der Waals surface area (Å²) >= 11 is 5.96. The van der Waals surface area contributed by atoms with Crippen LogP contribution in [0.1, 0.15) is 25.3 Å². The molecule has 2 rings (SSSR count). The van der Waals surface area contributed by atoms with Gasteiger partial charge in [-0.1, -0.05) is 30.7 Å². The molecule has 0 aromatic heterocycles. The molecule has 0 N–H and O–H groups in total. The van der Waals surface area contributed by atoms with E-state index in [9.17, 15) is 13.2 Å². The van der Waals surface area contributed by atoms with Crippen molar-refractivity contribution in [1.82, 2.24) is 9.21 Å². The Bertz CT molecular complexity index is 678. The predicted octanol–water partition coefficient (Wildman–Crippen LogP) is 2.40. The van der Waals surface area contributed by atoms with Crippen molar-refractivity contribution in [3.05, 3.63) is 34.9 Å². The molecule has 0 spiro atoms. The lowest BCUT2D eigenvalue weighted by Crippen LogP contribution is -2.46. The van der Waals surface area contributed by atoms with Crippen LogP contribution in [0.15, 0.2) is 24.3 Å². The van der Waals surface area contributed by atoms with Gasteiger partial charge in [-0.3, -0.25) is 4.79 Å². The van der Waals surface area contributed by atoms with E-state index in [2.05, 4.69) is 6.92 Å². The van der Waals surface area contributed by atoms with Crippen molar-refractivity contribution in [3.8, 4) is 0 Å². The number of halogens is 1. The lowest BCUT2D eigenvalue weighted by Gasteiger charge is -2.32. The summed E-state index contributed by atoms with van der Waals surface area (Å²) in [7, 11) is -3.44. The van der Waals surface area contributed by atoms with E-state index in [1.165, 1.54) is 4.31 Å². The third kappa shape index (κ3) is 5.76. The van der Waals surface area contributed by atoms with Crippen molar-refractivity contribution in [2.75, 3.05) is 32.4 Å². The summed E-state index contributed by atoms with van der Waals surface area (Å²) in [5.41, 5.74) is 0.954. The van der Waals surface area contributed by atoms with Crippen molar-refractivity contribution >= 4 is 27.5 Å². The standard InChI is InChI=1S/C17H25ClN2O3S/c1-14-5-4-9-19(12-14)17(21)13-20(24(2,22)23)10-8-15-6-3-7-16(18)11-15/h3,6-7,11,14H,4-5,8-10,12-13H2,1-2H3. The number of sulfonamides is 1. The summed E-state index contributed by atoms with van der Waals surface area (Å²) in [6, 6.07) is 7.33. The zero-order valence-corrected chi connectivity index (χ0v) is 15.8. The Kier molecular flexibility index (Phi) is 6.66. The number of benzene rings is 1. The molecule has 1 aliphatic heterocycles. The van der Waals surface area contributed by atoms with Crippen molar-refractivity contribution in [2.24, 2.45) is 5.92 Å². The molecular formula is C17H25ClN2O3S. The second kappa shape index (κ2) is 8.32. The molecule has 0 saturated carbocycles. The minimum Gasteiger partial charge on any atom is -0.341 e. The molecule has 1 atom stereocenters. The van der Waals surface area contributed by atoms with E-state index in [0.29, 0.717) is 23.9 Å². The monoisotopic (exact) mass is 372 g/mol. The van der Waals surface area contributed by atoms with E-state index < -0.39 is 10.0 Å². The van der Waals surface area contributed by atoms with E-state index in [0.717, 1.165) is 31.2 Å². The molecule has 0 aliphatic carbocycles. The van der Waals surface area contributed by atoms with Crippen molar-refractivity contribution < 1.29 is 13.2 Å². The van der Waals surface area contributed by atoms with Crippen LogP contribution in [-0.4, -0.2) is 56.0 Å². The van der Waals surface area contributed by atoms with Gasteiger partial charge in [0.15, 0.2) is 0 Å². The van der Waals surface area contributed by atoms with Crippen LogP contribution in [0.4, 0.5) is 0 Å². The molecule has 1 fully saturated rings. The third-order valence-electron chi connectivity index (χ3n) is 4.33. The maximum atomic E-state index is 12.5. The van der Waals surface area contributed by atoms with Crippen molar-refractivity contribution in [2.45, 2.75) is 26.2 Å². The van der Waals surface area contributed by atoms with Crippen LogP contribution in [0, 0.1) is 5.92 Å². The van der Waals surface area contributed by atoms with Crippen LogP contribution >= 0.6 is 11.6 Å². The predicted molar refractivity (Wildman–Crippen MR) is 96.6 cm³/mol. The maximum Gasteiger partial charge on any atom is 0.237 e. The Morgan fingerprint density at radius 2 is 2.17 bits per heavy atom. The van der Waals surface area contributed by atoms with Gasteiger partial charge in [-0.25, -0.2) is 8.42 Å². The number of carbonyl (C=O) groups excluding carboxylic acids is 1. The van der Waals surface area contributed by atoms with Crippen LogP contribution < -0.4 is 0 Å². The summed E-state index contributed by atoms with van der Waals surface area (Å²) in [4.78, 5) is 14.2. The van der Waals surface area contributed by atoms with Crippen molar-refractivity contribution in [3.63, 3.8) is 0 Å². The Morgan fingerprint density at radius 1 is 1.42 bits per heavy atom. The van der Waals surface area contributed by atoms with Gasteiger partial charge in [-0.15, -0.1) is 0 Å². The summed E-state index contributed by atoms with van der Waals surface area (Å²) < 4.78 is 25.3. The second-order valence-corrected chi connectivity index (χ2v) is 8.98. The van der Waals surface area contributed by atoms with Crippen molar-refractivity contribution in [1.29, 1.82) is 0 Å². The number of hydrogen-bond acceptors (Lipinski definition) is 3. The number of rotatable bonds is 6. The van der Waals surface area contributed by atoms with Gasteiger partial charge in [-0.2, -0.15) is 4.31 Å². The number of likely N-dealkylation sites (tertiary alicyclic amines) is 1. The highest BCUT2D eigenvalue weighted by molar-refractivity contribution is 7.88. The van der Waals surface area contributed by atoms with Crippen LogP contribution in [0.5, 0.6) is 0 Å². The first-order chi connectivity index (χ1) is 11.3. The van der Waals surface area contributed by atoms with Gasteiger partial charge in [0.2, 0.25) is 15.9 Å². The Hall–Kier alpha value is -1.11. The van der Waals surface area contributed by atoms with Gasteiger partial charge in [0, 0.05) is 24.7 Å². The minimum atomic E-state index is -3.44. The second-order valence-electron chi connectivity index (χ2n) is 6.56. The molecule has 1 saturated heterocycles. The Morgan fingerprint density at radius 3 is 2.79 bits per heavy atom. The van der Waals surface area contributed by atoms with Gasteiger partial charge >= 0.3 is 0 Å². The van der Waals surface area contributed by atoms with Crippen LogP contribution in [0.2, 0.25) is 5.02 Å². The molecule has 1 unspecified atom stereocenters. The number of carbonyl (C=O) groups is 1. The minimum absolute atomic E-state index is 0.0912. The molecule has 1 aromatic carbocycles. The van der Waals surface area contributed by atoms with E-state index in [-0.39, 0.29) is 19.0 Å². The van der Waals surface area contributed by atoms with Gasteiger partial charge in [0.05, 0.1) is 12.8 Å². The quantitative estimate of drug-likeness (QED) is 0.770.